The van der Waals surface area contributed by atoms with Gasteiger partial charge in [-0.15, -0.1) is 0 Å². The van der Waals surface area contributed by atoms with E-state index in [1.807, 2.05) is 19.1 Å². The maximum absolute atomic E-state index is 12.5. The van der Waals surface area contributed by atoms with E-state index in [0.29, 0.717) is 17.5 Å². The van der Waals surface area contributed by atoms with Gasteiger partial charge in [0.15, 0.2) is 0 Å². The third kappa shape index (κ3) is 3.75. The SMILES string of the molecule is CCCNS(=O)(=O)c1ccccc1N(CCC)C1CNC1. The largest absolute Gasteiger partial charge is 0.365 e. The highest BCUT2D eigenvalue weighted by Gasteiger charge is 2.28. The molecule has 0 bridgehead atoms. The fourth-order valence-electron chi connectivity index (χ4n) is 2.47. The van der Waals surface area contributed by atoms with Crippen LogP contribution in [0.3, 0.4) is 0 Å². The zero-order chi connectivity index (χ0) is 15.3. The van der Waals surface area contributed by atoms with Crippen LogP contribution in [0.4, 0.5) is 5.69 Å². The van der Waals surface area contributed by atoms with Crippen molar-refractivity contribution in [1.82, 2.24) is 10.0 Å². The number of nitrogens with one attached hydrogen (secondary N) is 2. The number of hydrogen-bond donors (Lipinski definition) is 2. The van der Waals surface area contributed by atoms with Crippen LogP contribution in [0.1, 0.15) is 26.7 Å². The summed E-state index contributed by atoms with van der Waals surface area (Å²) in [6, 6.07) is 7.68. The van der Waals surface area contributed by atoms with Crippen LogP contribution in [0.5, 0.6) is 0 Å². The summed E-state index contributed by atoms with van der Waals surface area (Å²) >= 11 is 0. The molecular formula is C15H25N3O2S. The maximum Gasteiger partial charge on any atom is 0.242 e. The van der Waals surface area contributed by atoms with Gasteiger partial charge in [0.25, 0.3) is 0 Å². The highest BCUT2D eigenvalue weighted by molar-refractivity contribution is 7.89. The van der Waals surface area contributed by atoms with Crippen LogP contribution < -0.4 is 14.9 Å². The monoisotopic (exact) mass is 311 g/mol. The second-order valence-electron chi connectivity index (χ2n) is 5.37. The summed E-state index contributed by atoms with van der Waals surface area (Å²) in [5, 5.41) is 3.26. The first-order valence-corrected chi connectivity index (χ1v) is 9.14. The molecule has 1 aliphatic heterocycles. The van der Waals surface area contributed by atoms with Crippen LogP contribution in [0, 0.1) is 0 Å². The van der Waals surface area contributed by atoms with Crippen molar-refractivity contribution in [3.63, 3.8) is 0 Å². The number of anilines is 1. The Hall–Kier alpha value is -1.11. The topological polar surface area (TPSA) is 61.4 Å². The van der Waals surface area contributed by atoms with Crippen molar-refractivity contribution in [1.29, 1.82) is 0 Å². The molecule has 1 saturated heterocycles. The molecule has 0 spiro atoms. The van der Waals surface area contributed by atoms with E-state index in [9.17, 15) is 8.42 Å². The Labute approximate surface area is 127 Å². The highest BCUT2D eigenvalue weighted by Crippen LogP contribution is 2.27. The molecule has 5 nitrogen and oxygen atoms in total. The van der Waals surface area contributed by atoms with Crippen LogP contribution in [-0.2, 0) is 10.0 Å². The molecule has 6 heteroatoms. The molecule has 0 radical (unpaired) electrons. The van der Waals surface area contributed by atoms with Gasteiger partial charge in [0.1, 0.15) is 4.90 Å². The predicted octanol–water partition coefficient (Wildman–Crippen LogP) is 1.56. The van der Waals surface area contributed by atoms with E-state index in [2.05, 4.69) is 21.9 Å². The lowest BCUT2D eigenvalue weighted by Gasteiger charge is -2.40. The van der Waals surface area contributed by atoms with Crippen molar-refractivity contribution in [2.45, 2.75) is 37.6 Å². The minimum absolute atomic E-state index is 0.382. The number of para-hydroxylation sites is 1. The summed E-state index contributed by atoms with van der Waals surface area (Å²) in [4.78, 5) is 2.61. The number of hydrogen-bond acceptors (Lipinski definition) is 4. The molecule has 0 aliphatic carbocycles. The summed E-state index contributed by atoms with van der Waals surface area (Å²) in [5.74, 6) is 0. The van der Waals surface area contributed by atoms with Crippen molar-refractivity contribution < 1.29 is 8.42 Å². The third-order valence-corrected chi connectivity index (χ3v) is 5.18. The molecule has 1 aliphatic rings. The van der Waals surface area contributed by atoms with Crippen molar-refractivity contribution in [3.05, 3.63) is 24.3 Å². The summed E-state index contributed by atoms with van der Waals surface area (Å²) in [7, 11) is -3.45. The van der Waals surface area contributed by atoms with Crippen LogP contribution in [-0.4, -0.2) is 40.6 Å². The molecule has 21 heavy (non-hydrogen) atoms. The van der Waals surface area contributed by atoms with Gasteiger partial charge < -0.3 is 10.2 Å². The second-order valence-corrected chi connectivity index (χ2v) is 7.11. The first-order valence-electron chi connectivity index (χ1n) is 7.66. The Kier molecular flexibility index (Phi) is 5.61. The van der Waals surface area contributed by atoms with Crippen LogP contribution in [0.25, 0.3) is 0 Å². The lowest BCUT2D eigenvalue weighted by atomic mass is 10.1. The molecule has 0 atom stereocenters. The molecule has 0 unspecified atom stereocenters. The molecular weight excluding hydrogens is 286 g/mol. The van der Waals surface area contributed by atoms with Gasteiger partial charge in [0, 0.05) is 26.2 Å². The highest BCUT2D eigenvalue weighted by atomic mass is 32.2. The van der Waals surface area contributed by atoms with E-state index < -0.39 is 10.0 Å². The summed E-state index contributed by atoms with van der Waals surface area (Å²) in [6.45, 7) is 7.24. The first kappa shape index (κ1) is 16.3. The molecule has 2 rings (SSSR count). The van der Waals surface area contributed by atoms with Crippen LogP contribution in [0.2, 0.25) is 0 Å². The summed E-state index contributed by atoms with van der Waals surface area (Å²) in [5.41, 5.74) is 0.814. The maximum atomic E-state index is 12.5. The second kappa shape index (κ2) is 7.24. The van der Waals surface area contributed by atoms with Crippen LogP contribution in [0.15, 0.2) is 29.2 Å². The standard InChI is InChI=1S/C15H25N3O2S/c1-3-9-17-21(19,20)15-8-6-5-7-14(15)18(10-4-2)13-11-16-12-13/h5-8,13,16-17H,3-4,9-12H2,1-2H3. The Balaban J connectivity index is 2.34. The van der Waals surface area contributed by atoms with E-state index in [0.717, 1.165) is 38.2 Å². The number of rotatable bonds is 8. The van der Waals surface area contributed by atoms with Gasteiger partial charge in [-0.3, -0.25) is 0 Å². The Morgan fingerprint density at radius 1 is 1.24 bits per heavy atom. The van der Waals surface area contributed by atoms with Gasteiger partial charge in [0.2, 0.25) is 10.0 Å². The minimum Gasteiger partial charge on any atom is -0.365 e. The average molecular weight is 311 g/mol. The third-order valence-electron chi connectivity index (χ3n) is 3.67. The van der Waals surface area contributed by atoms with Crippen LogP contribution >= 0.6 is 0 Å². The Morgan fingerprint density at radius 3 is 2.52 bits per heavy atom. The molecule has 2 N–H and O–H groups in total. The lowest BCUT2D eigenvalue weighted by molar-refractivity contribution is 0.411. The quantitative estimate of drug-likeness (QED) is 0.765. The zero-order valence-corrected chi connectivity index (χ0v) is 13.6. The summed E-state index contributed by atoms with van der Waals surface area (Å²) < 4.78 is 27.7. The van der Waals surface area contributed by atoms with Gasteiger partial charge in [-0.05, 0) is 25.0 Å². The lowest BCUT2D eigenvalue weighted by Crippen LogP contribution is -2.58. The predicted molar refractivity (Wildman–Crippen MR) is 86.2 cm³/mol. The van der Waals surface area contributed by atoms with Crippen molar-refractivity contribution in [3.8, 4) is 0 Å². The Bertz CT molecular complexity index is 556. The van der Waals surface area contributed by atoms with E-state index >= 15 is 0 Å². The van der Waals surface area contributed by atoms with E-state index in [1.165, 1.54) is 0 Å². The fourth-order valence-corrected chi connectivity index (χ4v) is 3.82. The fraction of sp³-hybridized carbons (Fsp3) is 0.600. The molecule has 1 fully saturated rings. The Morgan fingerprint density at radius 2 is 1.95 bits per heavy atom. The number of nitrogens with zero attached hydrogens (tertiary/aromatic N) is 1. The normalized spacial score (nSPS) is 15.7. The van der Waals surface area contributed by atoms with Gasteiger partial charge in [0.05, 0.1) is 11.7 Å². The van der Waals surface area contributed by atoms with Crippen molar-refractivity contribution >= 4 is 15.7 Å². The first-order chi connectivity index (χ1) is 10.1. The van der Waals surface area contributed by atoms with Crippen molar-refractivity contribution in [2.75, 3.05) is 31.1 Å². The molecule has 118 valence electrons. The molecule has 1 aromatic carbocycles. The average Bonchev–Trinajstić information content (AvgIpc) is 2.43. The molecule has 1 aromatic rings. The summed E-state index contributed by atoms with van der Waals surface area (Å²) in [6.07, 6.45) is 1.78. The molecule has 1 heterocycles. The zero-order valence-electron chi connectivity index (χ0n) is 12.8. The van der Waals surface area contributed by atoms with Gasteiger partial charge in [-0.25, -0.2) is 13.1 Å². The molecule has 0 saturated carbocycles. The van der Waals surface area contributed by atoms with E-state index in [-0.39, 0.29) is 0 Å². The number of sulfonamides is 1. The molecule has 0 amide bonds. The smallest absolute Gasteiger partial charge is 0.242 e. The van der Waals surface area contributed by atoms with Gasteiger partial charge in [-0.1, -0.05) is 26.0 Å². The minimum atomic E-state index is -3.45. The number of benzene rings is 1. The van der Waals surface area contributed by atoms with Gasteiger partial charge in [-0.2, -0.15) is 0 Å². The molecule has 0 aromatic heterocycles. The van der Waals surface area contributed by atoms with E-state index in [4.69, 9.17) is 0 Å². The van der Waals surface area contributed by atoms with Gasteiger partial charge >= 0.3 is 0 Å². The van der Waals surface area contributed by atoms with E-state index in [1.54, 1.807) is 12.1 Å². The van der Waals surface area contributed by atoms with Crippen molar-refractivity contribution in [2.24, 2.45) is 0 Å².